The van der Waals surface area contributed by atoms with Gasteiger partial charge in [-0.2, -0.15) is 10.4 Å². The van der Waals surface area contributed by atoms with Crippen molar-refractivity contribution in [2.45, 2.75) is 26.3 Å². The highest BCUT2D eigenvalue weighted by Crippen LogP contribution is 2.21. The summed E-state index contributed by atoms with van der Waals surface area (Å²) in [6, 6.07) is 16.8. The molecule has 3 rings (SSSR count). The van der Waals surface area contributed by atoms with E-state index in [9.17, 15) is 9.65 Å². The zero-order valence-electron chi connectivity index (χ0n) is 17.7. The van der Waals surface area contributed by atoms with Gasteiger partial charge in [0.1, 0.15) is 23.3 Å². The van der Waals surface area contributed by atoms with Crippen molar-refractivity contribution in [1.29, 1.82) is 5.26 Å². The maximum Gasteiger partial charge on any atom is 0.191 e. The van der Waals surface area contributed by atoms with Crippen molar-refractivity contribution in [3.05, 3.63) is 76.7 Å². The molecule has 0 spiro atoms. The van der Waals surface area contributed by atoms with E-state index in [2.05, 4.69) is 26.8 Å². The number of guanidine groups is 1. The van der Waals surface area contributed by atoms with Crippen molar-refractivity contribution in [3.8, 4) is 11.8 Å². The molecular weight excluding hydrogens is 393 g/mol. The van der Waals surface area contributed by atoms with Crippen LogP contribution in [0.15, 0.2) is 53.5 Å². The number of aliphatic imine (C=N–C) groups is 1. The van der Waals surface area contributed by atoms with Crippen molar-refractivity contribution in [1.82, 2.24) is 20.4 Å². The fraction of sp³-hybridized carbons (Fsp3) is 0.261. The molecule has 4 N–H and O–H groups in total. The second-order valence-electron chi connectivity index (χ2n) is 7.11. The second-order valence-corrected chi connectivity index (χ2v) is 7.11. The molecule has 0 saturated heterocycles. The van der Waals surface area contributed by atoms with Crippen LogP contribution in [0.2, 0.25) is 0 Å². The summed E-state index contributed by atoms with van der Waals surface area (Å²) in [5, 5.41) is 20.4. The summed E-state index contributed by atoms with van der Waals surface area (Å²) in [7, 11) is 1.68. The van der Waals surface area contributed by atoms with Gasteiger partial charge in [0.05, 0.1) is 11.4 Å². The Labute approximate surface area is 181 Å². The van der Waals surface area contributed by atoms with Crippen molar-refractivity contribution in [3.63, 3.8) is 0 Å². The topological polar surface area (TPSA) is 104 Å². The molecule has 1 heterocycles. The van der Waals surface area contributed by atoms with Crippen LogP contribution in [0, 0.1) is 24.1 Å². The standard InChI is InChI=1S/C23H26FN7/c1-16-10-11-17(13-20(16)24)15-29-23(27-2)28-12-6-9-21-19(14-25)22(26)31(30-21)18-7-4-3-5-8-18/h3-5,7-8,10-11,13H,6,9,12,15,26H2,1-2H3,(H2,27,28,29). The molecule has 0 amide bonds. The number of rotatable bonds is 7. The highest BCUT2D eigenvalue weighted by atomic mass is 19.1. The fourth-order valence-electron chi connectivity index (χ4n) is 3.16. The number of hydrogen-bond acceptors (Lipinski definition) is 4. The van der Waals surface area contributed by atoms with Crippen LogP contribution in [0.4, 0.5) is 10.2 Å². The lowest BCUT2D eigenvalue weighted by molar-refractivity contribution is 0.615. The predicted octanol–water partition coefficient (Wildman–Crippen LogP) is 3.07. The Balaban J connectivity index is 1.54. The van der Waals surface area contributed by atoms with E-state index < -0.39 is 0 Å². The van der Waals surface area contributed by atoms with Crippen LogP contribution in [-0.2, 0) is 13.0 Å². The number of aryl methyl sites for hydroxylation is 2. The van der Waals surface area contributed by atoms with E-state index >= 15 is 0 Å². The van der Waals surface area contributed by atoms with E-state index in [0.717, 1.165) is 17.7 Å². The molecule has 0 atom stereocenters. The molecule has 0 aliphatic heterocycles. The van der Waals surface area contributed by atoms with Gasteiger partial charge < -0.3 is 16.4 Å². The van der Waals surface area contributed by atoms with Gasteiger partial charge >= 0.3 is 0 Å². The molecule has 0 bridgehead atoms. The molecule has 7 nitrogen and oxygen atoms in total. The van der Waals surface area contributed by atoms with Gasteiger partial charge in [0.25, 0.3) is 0 Å². The minimum Gasteiger partial charge on any atom is -0.382 e. The highest BCUT2D eigenvalue weighted by Gasteiger charge is 2.16. The molecule has 160 valence electrons. The van der Waals surface area contributed by atoms with Gasteiger partial charge in [-0.15, -0.1) is 0 Å². The smallest absolute Gasteiger partial charge is 0.191 e. The molecule has 0 aliphatic rings. The second kappa shape index (κ2) is 10.3. The third-order valence-electron chi connectivity index (χ3n) is 4.91. The number of benzene rings is 2. The number of anilines is 1. The number of halogens is 1. The first kappa shape index (κ1) is 21.8. The Morgan fingerprint density at radius 1 is 1.23 bits per heavy atom. The largest absolute Gasteiger partial charge is 0.382 e. The third-order valence-corrected chi connectivity index (χ3v) is 4.91. The van der Waals surface area contributed by atoms with Gasteiger partial charge in [-0.25, -0.2) is 9.07 Å². The average molecular weight is 420 g/mol. The van der Waals surface area contributed by atoms with Crippen LogP contribution in [0.3, 0.4) is 0 Å². The maximum absolute atomic E-state index is 13.7. The monoisotopic (exact) mass is 419 g/mol. The number of para-hydroxylation sites is 1. The first-order chi connectivity index (χ1) is 15.0. The summed E-state index contributed by atoms with van der Waals surface area (Å²) in [4.78, 5) is 4.19. The first-order valence-electron chi connectivity index (χ1n) is 10.1. The lowest BCUT2D eigenvalue weighted by Gasteiger charge is -2.12. The van der Waals surface area contributed by atoms with E-state index in [4.69, 9.17) is 5.73 Å². The van der Waals surface area contributed by atoms with Crippen LogP contribution in [0.25, 0.3) is 5.69 Å². The minimum absolute atomic E-state index is 0.218. The van der Waals surface area contributed by atoms with Crippen LogP contribution in [0.1, 0.15) is 28.8 Å². The Bertz CT molecular complexity index is 1100. The average Bonchev–Trinajstić information content (AvgIpc) is 3.11. The molecule has 1 aromatic heterocycles. The van der Waals surface area contributed by atoms with Gasteiger partial charge in [-0.1, -0.05) is 30.3 Å². The molecule has 8 heteroatoms. The lowest BCUT2D eigenvalue weighted by atomic mass is 10.1. The molecule has 0 fully saturated rings. The summed E-state index contributed by atoms with van der Waals surface area (Å²) < 4.78 is 15.3. The number of aromatic nitrogens is 2. The van der Waals surface area contributed by atoms with Crippen LogP contribution < -0.4 is 16.4 Å². The Hall–Kier alpha value is -3.86. The number of nitrogen functional groups attached to an aromatic ring is 1. The maximum atomic E-state index is 13.7. The van der Waals surface area contributed by atoms with E-state index in [-0.39, 0.29) is 5.82 Å². The van der Waals surface area contributed by atoms with Gasteiger partial charge in [0, 0.05) is 20.1 Å². The Morgan fingerprint density at radius 3 is 2.68 bits per heavy atom. The minimum atomic E-state index is -0.218. The quantitative estimate of drug-likeness (QED) is 0.310. The molecular formula is C23H26FN7. The van der Waals surface area contributed by atoms with E-state index in [1.807, 2.05) is 36.4 Å². The lowest BCUT2D eigenvalue weighted by Crippen LogP contribution is -2.37. The predicted molar refractivity (Wildman–Crippen MR) is 120 cm³/mol. The Kier molecular flexibility index (Phi) is 7.22. The van der Waals surface area contributed by atoms with E-state index in [1.54, 1.807) is 24.7 Å². The number of nitrogens with two attached hydrogens (primary N) is 1. The van der Waals surface area contributed by atoms with Crippen molar-refractivity contribution < 1.29 is 4.39 Å². The van der Waals surface area contributed by atoms with Crippen LogP contribution >= 0.6 is 0 Å². The SMILES string of the molecule is CN=C(NCCCc1nn(-c2ccccc2)c(N)c1C#N)NCc1ccc(C)c(F)c1. The van der Waals surface area contributed by atoms with Crippen LogP contribution in [-0.4, -0.2) is 29.3 Å². The molecule has 0 aliphatic carbocycles. The summed E-state index contributed by atoms with van der Waals surface area (Å²) in [6.07, 6.45) is 1.33. The zero-order valence-corrected chi connectivity index (χ0v) is 17.7. The number of hydrogen-bond donors (Lipinski definition) is 3. The first-order valence-corrected chi connectivity index (χ1v) is 10.1. The van der Waals surface area contributed by atoms with Gasteiger partial charge in [-0.05, 0) is 49.1 Å². The van der Waals surface area contributed by atoms with E-state index in [0.29, 0.717) is 48.1 Å². The summed E-state index contributed by atoms with van der Waals surface area (Å²) in [5.41, 5.74) is 9.50. The summed E-state index contributed by atoms with van der Waals surface area (Å²) in [5.74, 6) is 0.750. The summed E-state index contributed by atoms with van der Waals surface area (Å²) in [6.45, 7) is 2.83. The third kappa shape index (κ3) is 5.39. The molecule has 2 aromatic carbocycles. The molecule has 0 unspecified atom stereocenters. The summed E-state index contributed by atoms with van der Waals surface area (Å²) >= 11 is 0. The molecule has 31 heavy (non-hydrogen) atoms. The molecule has 3 aromatic rings. The van der Waals surface area contributed by atoms with Gasteiger partial charge in [-0.3, -0.25) is 4.99 Å². The molecule has 0 saturated carbocycles. The van der Waals surface area contributed by atoms with Crippen molar-refractivity contribution >= 4 is 11.8 Å². The van der Waals surface area contributed by atoms with Crippen molar-refractivity contribution in [2.75, 3.05) is 19.3 Å². The van der Waals surface area contributed by atoms with Gasteiger partial charge in [0.2, 0.25) is 0 Å². The highest BCUT2D eigenvalue weighted by molar-refractivity contribution is 5.79. The van der Waals surface area contributed by atoms with E-state index in [1.165, 1.54) is 6.07 Å². The van der Waals surface area contributed by atoms with Crippen LogP contribution in [0.5, 0.6) is 0 Å². The Morgan fingerprint density at radius 2 is 2.00 bits per heavy atom. The molecule has 0 radical (unpaired) electrons. The number of nitriles is 1. The number of nitrogens with one attached hydrogen (secondary N) is 2. The fourth-order valence-corrected chi connectivity index (χ4v) is 3.16. The van der Waals surface area contributed by atoms with Crippen molar-refractivity contribution in [2.24, 2.45) is 4.99 Å². The zero-order chi connectivity index (χ0) is 22.2. The normalized spacial score (nSPS) is 11.2. The number of nitrogens with zero attached hydrogens (tertiary/aromatic N) is 4. The van der Waals surface area contributed by atoms with Gasteiger partial charge in [0.15, 0.2) is 5.96 Å².